The van der Waals surface area contributed by atoms with Crippen molar-refractivity contribution in [2.24, 2.45) is 11.8 Å². The molecular formula is C23H34O3. The fourth-order valence-electron chi connectivity index (χ4n) is 4.46. The van der Waals surface area contributed by atoms with Crippen LogP contribution in [0.4, 0.5) is 0 Å². The smallest absolute Gasteiger partial charge is 0.153 e. The van der Waals surface area contributed by atoms with Crippen molar-refractivity contribution in [3.05, 3.63) is 23.8 Å². The number of aldehydes is 1. The van der Waals surface area contributed by atoms with Gasteiger partial charge in [-0.15, -0.1) is 0 Å². The van der Waals surface area contributed by atoms with Gasteiger partial charge in [0.1, 0.15) is 11.5 Å². The summed E-state index contributed by atoms with van der Waals surface area (Å²) in [6.07, 6.45) is 16.7. The Labute approximate surface area is 158 Å². The predicted molar refractivity (Wildman–Crippen MR) is 105 cm³/mol. The van der Waals surface area contributed by atoms with Gasteiger partial charge in [0.15, 0.2) is 6.29 Å². The molecule has 0 heterocycles. The van der Waals surface area contributed by atoms with E-state index >= 15 is 0 Å². The molecule has 0 N–H and O–H groups in total. The molecule has 26 heavy (non-hydrogen) atoms. The van der Waals surface area contributed by atoms with Crippen molar-refractivity contribution in [3.63, 3.8) is 0 Å². The van der Waals surface area contributed by atoms with Gasteiger partial charge < -0.3 is 9.47 Å². The molecule has 0 amide bonds. The summed E-state index contributed by atoms with van der Waals surface area (Å²) in [7, 11) is 0. The molecule has 0 aliphatic heterocycles. The fourth-order valence-corrected chi connectivity index (χ4v) is 4.46. The molecule has 2 fully saturated rings. The maximum absolute atomic E-state index is 11.3. The second-order valence-electron chi connectivity index (χ2n) is 8.10. The average molecular weight is 359 g/mol. The highest BCUT2D eigenvalue weighted by Crippen LogP contribution is 2.29. The van der Waals surface area contributed by atoms with Gasteiger partial charge in [0.05, 0.1) is 18.8 Å². The lowest BCUT2D eigenvalue weighted by molar-refractivity contribution is 0.111. The fraction of sp³-hybridized carbons (Fsp3) is 0.696. The van der Waals surface area contributed by atoms with E-state index in [9.17, 15) is 4.79 Å². The van der Waals surface area contributed by atoms with E-state index in [2.05, 4.69) is 0 Å². The summed E-state index contributed by atoms with van der Waals surface area (Å²) < 4.78 is 11.9. The van der Waals surface area contributed by atoms with Crippen LogP contribution in [-0.2, 0) is 0 Å². The average Bonchev–Trinajstić information content (AvgIpc) is 2.70. The van der Waals surface area contributed by atoms with Gasteiger partial charge in [-0.25, -0.2) is 0 Å². The van der Waals surface area contributed by atoms with E-state index in [1.165, 1.54) is 64.2 Å². The van der Waals surface area contributed by atoms with Gasteiger partial charge in [0.2, 0.25) is 0 Å². The molecule has 0 bridgehead atoms. The second-order valence-corrected chi connectivity index (χ2v) is 8.10. The van der Waals surface area contributed by atoms with Gasteiger partial charge in [0.25, 0.3) is 0 Å². The lowest BCUT2D eigenvalue weighted by Gasteiger charge is -2.22. The van der Waals surface area contributed by atoms with Crippen LogP contribution in [0.25, 0.3) is 0 Å². The molecule has 0 spiro atoms. The number of ether oxygens (including phenoxy) is 2. The third kappa shape index (κ3) is 6.03. The van der Waals surface area contributed by atoms with Gasteiger partial charge in [-0.05, 0) is 36.8 Å². The second kappa shape index (κ2) is 10.6. The summed E-state index contributed by atoms with van der Waals surface area (Å²) in [6.45, 7) is 1.45. The van der Waals surface area contributed by atoms with E-state index in [1.54, 1.807) is 0 Å². The maximum atomic E-state index is 11.3. The molecule has 0 atom stereocenters. The Kier molecular flexibility index (Phi) is 7.85. The van der Waals surface area contributed by atoms with Crippen LogP contribution in [0.3, 0.4) is 0 Å². The van der Waals surface area contributed by atoms with E-state index < -0.39 is 0 Å². The molecule has 0 radical (unpaired) electrons. The van der Waals surface area contributed by atoms with Gasteiger partial charge in [0, 0.05) is 6.07 Å². The number of hydrogen-bond donors (Lipinski definition) is 0. The highest BCUT2D eigenvalue weighted by atomic mass is 16.5. The van der Waals surface area contributed by atoms with Crippen LogP contribution in [0, 0.1) is 11.8 Å². The van der Waals surface area contributed by atoms with E-state index in [4.69, 9.17) is 9.47 Å². The molecular weight excluding hydrogens is 324 g/mol. The highest BCUT2D eigenvalue weighted by molar-refractivity contribution is 5.79. The Balaban J connectivity index is 1.46. The Bertz CT molecular complexity index is 542. The van der Waals surface area contributed by atoms with Crippen LogP contribution in [0.5, 0.6) is 11.5 Å². The summed E-state index contributed by atoms with van der Waals surface area (Å²) in [5.41, 5.74) is 0.619. The third-order valence-electron chi connectivity index (χ3n) is 6.14. The minimum absolute atomic E-state index is 0.619. The zero-order valence-electron chi connectivity index (χ0n) is 16.1. The number of rotatable bonds is 9. The summed E-state index contributed by atoms with van der Waals surface area (Å²) in [5.74, 6) is 3.10. The van der Waals surface area contributed by atoms with Crippen LogP contribution in [0.15, 0.2) is 18.2 Å². The Morgan fingerprint density at radius 1 is 0.808 bits per heavy atom. The zero-order valence-corrected chi connectivity index (χ0v) is 16.1. The van der Waals surface area contributed by atoms with Crippen LogP contribution >= 0.6 is 0 Å². The first kappa shape index (κ1) is 19.3. The zero-order chi connectivity index (χ0) is 18.0. The van der Waals surface area contributed by atoms with E-state index in [0.717, 1.165) is 43.3 Å². The molecule has 2 aliphatic carbocycles. The van der Waals surface area contributed by atoms with E-state index in [0.29, 0.717) is 17.9 Å². The minimum Gasteiger partial charge on any atom is -0.493 e. The van der Waals surface area contributed by atoms with Crippen molar-refractivity contribution in [2.75, 3.05) is 13.2 Å². The van der Waals surface area contributed by atoms with Gasteiger partial charge in [-0.2, -0.15) is 0 Å². The molecule has 0 aromatic heterocycles. The first-order valence-corrected chi connectivity index (χ1v) is 10.7. The molecule has 1 aromatic carbocycles. The quantitative estimate of drug-likeness (QED) is 0.493. The summed E-state index contributed by atoms with van der Waals surface area (Å²) in [5, 5.41) is 0. The van der Waals surface area contributed by atoms with E-state index in [-0.39, 0.29) is 0 Å². The van der Waals surface area contributed by atoms with Crippen molar-refractivity contribution >= 4 is 6.29 Å². The molecule has 3 heteroatoms. The number of benzene rings is 1. The van der Waals surface area contributed by atoms with Crippen molar-refractivity contribution in [3.8, 4) is 11.5 Å². The first-order chi connectivity index (χ1) is 12.8. The number of carbonyl (C=O) groups is 1. The van der Waals surface area contributed by atoms with Crippen LogP contribution < -0.4 is 9.47 Å². The SMILES string of the molecule is O=Cc1ccc(OCCC2CCCCC2)cc1OCCC1CCCCC1. The van der Waals surface area contributed by atoms with Crippen LogP contribution in [-0.4, -0.2) is 19.5 Å². The molecule has 1 aromatic rings. The lowest BCUT2D eigenvalue weighted by atomic mass is 9.87. The van der Waals surface area contributed by atoms with Crippen LogP contribution in [0.1, 0.15) is 87.4 Å². The Hall–Kier alpha value is -1.51. The molecule has 3 rings (SSSR count). The van der Waals surface area contributed by atoms with Crippen molar-refractivity contribution in [1.29, 1.82) is 0 Å². The number of carbonyl (C=O) groups excluding carboxylic acids is 1. The van der Waals surface area contributed by atoms with Crippen molar-refractivity contribution in [2.45, 2.75) is 77.0 Å². The maximum Gasteiger partial charge on any atom is 0.153 e. The standard InChI is InChI=1S/C23H34O3/c24-18-21-11-12-22(25-15-13-19-7-3-1-4-8-19)17-23(21)26-16-14-20-9-5-2-6-10-20/h11-12,17-20H,1-10,13-16H2. The summed E-state index contributed by atoms with van der Waals surface area (Å²) in [6, 6.07) is 5.60. The summed E-state index contributed by atoms with van der Waals surface area (Å²) >= 11 is 0. The summed E-state index contributed by atoms with van der Waals surface area (Å²) in [4.78, 5) is 11.3. The molecule has 2 saturated carbocycles. The van der Waals surface area contributed by atoms with Gasteiger partial charge in [-0.1, -0.05) is 64.2 Å². The van der Waals surface area contributed by atoms with Crippen molar-refractivity contribution in [1.82, 2.24) is 0 Å². The van der Waals surface area contributed by atoms with Gasteiger partial charge >= 0.3 is 0 Å². The predicted octanol–water partition coefficient (Wildman–Crippen LogP) is 6.20. The minimum atomic E-state index is 0.619. The highest BCUT2D eigenvalue weighted by Gasteiger charge is 2.15. The number of hydrogen-bond acceptors (Lipinski definition) is 3. The monoisotopic (exact) mass is 358 g/mol. The molecule has 0 saturated heterocycles. The molecule has 3 nitrogen and oxygen atoms in total. The van der Waals surface area contributed by atoms with Crippen molar-refractivity contribution < 1.29 is 14.3 Å². The lowest BCUT2D eigenvalue weighted by Crippen LogP contribution is -2.12. The molecule has 144 valence electrons. The van der Waals surface area contributed by atoms with Crippen LogP contribution in [0.2, 0.25) is 0 Å². The van der Waals surface area contributed by atoms with E-state index in [1.807, 2.05) is 18.2 Å². The first-order valence-electron chi connectivity index (χ1n) is 10.7. The largest absolute Gasteiger partial charge is 0.493 e. The Morgan fingerprint density at radius 3 is 1.96 bits per heavy atom. The topological polar surface area (TPSA) is 35.5 Å². The third-order valence-corrected chi connectivity index (χ3v) is 6.14. The molecule has 0 unspecified atom stereocenters. The Morgan fingerprint density at radius 2 is 1.38 bits per heavy atom. The van der Waals surface area contributed by atoms with Gasteiger partial charge in [-0.3, -0.25) is 4.79 Å². The normalized spacial score (nSPS) is 19.2. The molecule has 2 aliphatic rings.